The van der Waals surface area contributed by atoms with E-state index in [4.69, 9.17) is 10.5 Å². The summed E-state index contributed by atoms with van der Waals surface area (Å²) in [7, 11) is 2.03. The first-order valence-corrected chi connectivity index (χ1v) is 4.62. The number of aromatic nitrogens is 2. The number of nitrogens with zero attached hydrogens (tertiary/aromatic N) is 3. The zero-order valence-electron chi connectivity index (χ0n) is 8.40. The molecule has 0 saturated heterocycles. The summed E-state index contributed by atoms with van der Waals surface area (Å²) >= 11 is 0. The number of likely N-dealkylation sites (N-methyl/N-ethyl adjacent to an activating group) is 1. The fraction of sp³-hybridized carbons (Fsp3) is 0.556. The molecule has 2 N–H and O–H groups in total. The average molecular weight is 194 g/mol. The maximum absolute atomic E-state index is 5.61. The van der Waals surface area contributed by atoms with Gasteiger partial charge in [0, 0.05) is 13.1 Å². The zero-order chi connectivity index (χ0) is 10.1. The van der Waals surface area contributed by atoms with Gasteiger partial charge < -0.3 is 10.5 Å². The minimum atomic E-state index is 0.123. The molecule has 0 amide bonds. The summed E-state index contributed by atoms with van der Waals surface area (Å²) in [5.74, 6) is 0.974. The molecule has 1 unspecified atom stereocenters. The number of hydrogen-bond donors (Lipinski definition) is 1. The Morgan fingerprint density at radius 2 is 2.43 bits per heavy atom. The molecule has 2 rings (SSSR count). The van der Waals surface area contributed by atoms with Crippen LogP contribution >= 0.6 is 0 Å². The van der Waals surface area contributed by atoms with E-state index in [0.29, 0.717) is 11.7 Å². The number of nitrogens with two attached hydrogens (primary N) is 1. The van der Waals surface area contributed by atoms with Crippen LogP contribution in [0.5, 0.6) is 5.88 Å². The molecule has 1 aromatic rings. The molecule has 0 radical (unpaired) electrons. The van der Waals surface area contributed by atoms with Crippen molar-refractivity contribution in [2.45, 2.75) is 19.6 Å². The maximum atomic E-state index is 5.61. The predicted octanol–water partition coefficient (Wildman–Crippen LogP) is 0.271. The Bertz CT molecular complexity index is 342. The third-order valence-corrected chi connectivity index (χ3v) is 2.13. The lowest BCUT2D eigenvalue weighted by Crippen LogP contribution is -2.27. The highest BCUT2D eigenvalue weighted by Gasteiger charge is 2.19. The third kappa shape index (κ3) is 1.77. The van der Waals surface area contributed by atoms with Crippen LogP contribution in [0, 0.1) is 0 Å². The SMILES string of the molecule is CC1CN(C)Cc2ncc(N)nc2O1. The van der Waals surface area contributed by atoms with E-state index in [1.54, 1.807) is 6.20 Å². The Labute approximate surface area is 82.9 Å². The van der Waals surface area contributed by atoms with Gasteiger partial charge in [0.2, 0.25) is 5.88 Å². The second kappa shape index (κ2) is 3.42. The van der Waals surface area contributed by atoms with E-state index in [9.17, 15) is 0 Å². The van der Waals surface area contributed by atoms with Gasteiger partial charge in [-0.2, -0.15) is 4.98 Å². The van der Waals surface area contributed by atoms with Crippen LogP contribution in [0.4, 0.5) is 5.82 Å². The van der Waals surface area contributed by atoms with E-state index in [2.05, 4.69) is 14.9 Å². The molecule has 1 aliphatic heterocycles. The highest BCUT2D eigenvalue weighted by molar-refractivity contribution is 5.31. The Morgan fingerprint density at radius 3 is 3.21 bits per heavy atom. The van der Waals surface area contributed by atoms with Gasteiger partial charge in [-0.25, -0.2) is 0 Å². The van der Waals surface area contributed by atoms with Crippen molar-refractivity contribution in [1.29, 1.82) is 0 Å². The number of anilines is 1. The van der Waals surface area contributed by atoms with Gasteiger partial charge in [0.15, 0.2) is 0 Å². The predicted molar refractivity (Wildman–Crippen MR) is 52.9 cm³/mol. The van der Waals surface area contributed by atoms with Crippen LogP contribution in [0.25, 0.3) is 0 Å². The monoisotopic (exact) mass is 194 g/mol. The van der Waals surface area contributed by atoms with Crippen molar-refractivity contribution in [3.8, 4) is 5.88 Å². The molecule has 0 aliphatic carbocycles. The highest BCUT2D eigenvalue weighted by atomic mass is 16.5. The van der Waals surface area contributed by atoms with Crippen molar-refractivity contribution < 1.29 is 4.74 Å². The molecule has 1 atom stereocenters. The minimum Gasteiger partial charge on any atom is -0.472 e. The highest BCUT2D eigenvalue weighted by Crippen LogP contribution is 2.20. The van der Waals surface area contributed by atoms with Crippen molar-refractivity contribution in [3.63, 3.8) is 0 Å². The number of rotatable bonds is 0. The van der Waals surface area contributed by atoms with Crippen molar-refractivity contribution >= 4 is 5.82 Å². The lowest BCUT2D eigenvalue weighted by atomic mass is 10.3. The Kier molecular flexibility index (Phi) is 2.25. The van der Waals surface area contributed by atoms with Crippen LogP contribution in [0.15, 0.2) is 6.20 Å². The largest absolute Gasteiger partial charge is 0.472 e. The van der Waals surface area contributed by atoms with Crippen LogP contribution in [0.2, 0.25) is 0 Å². The van der Waals surface area contributed by atoms with E-state index in [-0.39, 0.29) is 6.10 Å². The first-order valence-electron chi connectivity index (χ1n) is 4.62. The summed E-state index contributed by atoms with van der Waals surface area (Å²) in [6.45, 7) is 3.64. The maximum Gasteiger partial charge on any atom is 0.239 e. The fourth-order valence-corrected chi connectivity index (χ4v) is 1.60. The Balaban J connectivity index is 2.36. The number of nitrogen functional groups attached to an aromatic ring is 1. The normalized spacial score (nSPS) is 22.3. The van der Waals surface area contributed by atoms with Gasteiger partial charge >= 0.3 is 0 Å². The van der Waals surface area contributed by atoms with Crippen LogP contribution in [0.1, 0.15) is 12.6 Å². The zero-order valence-corrected chi connectivity index (χ0v) is 8.40. The lowest BCUT2D eigenvalue weighted by molar-refractivity contribution is 0.174. The Hall–Kier alpha value is -1.36. The van der Waals surface area contributed by atoms with Gasteiger partial charge in [0.1, 0.15) is 17.6 Å². The van der Waals surface area contributed by atoms with Crippen LogP contribution in [-0.4, -0.2) is 34.6 Å². The number of hydrogen-bond acceptors (Lipinski definition) is 5. The van der Waals surface area contributed by atoms with Crippen molar-refractivity contribution in [3.05, 3.63) is 11.9 Å². The van der Waals surface area contributed by atoms with Gasteiger partial charge in [0.05, 0.1) is 6.20 Å². The molecule has 5 heteroatoms. The van der Waals surface area contributed by atoms with E-state index in [1.807, 2.05) is 14.0 Å². The Morgan fingerprint density at radius 1 is 1.64 bits per heavy atom. The molecular formula is C9H14N4O. The molecule has 76 valence electrons. The third-order valence-electron chi connectivity index (χ3n) is 2.13. The number of ether oxygens (including phenoxy) is 1. The van der Waals surface area contributed by atoms with Crippen LogP contribution in [0.3, 0.4) is 0 Å². The quantitative estimate of drug-likeness (QED) is 0.642. The minimum absolute atomic E-state index is 0.123. The molecule has 0 fully saturated rings. The summed E-state index contributed by atoms with van der Waals surface area (Å²) in [5, 5.41) is 0. The molecule has 0 aromatic carbocycles. The molecule has 14 heavy (non-hydrogen) atoms. The molecule has 5 nitrogen and oxygen atoms in total. The van der Waals surface area contributed by atoms with E-state index in [0.717, 1.165) is 18.8 Å². The van der Waals surface area contributed by atoms with Crippen molar-refractivity contribution in [2.24, 2.45) is 0 Å². The van der Waals surface area contributed by atoms with Gasteiger partial charge in [-0.3, -0.25) is 9.88 Å². The van der Waals surface area contributed by atoms with Gasteiger partial charge in [-0.1, -0.05) is 0 Å². The standard InChI is InChI=1S/C9H14N4O/c1-6-4-13(2)5-7-9(14-6)12-8(10)3-11-7/h3,6H,4-5H2,1-2H3,(H2,10,12). The molecule has 0 saturated carbocycles. The summed E-state index contributed by atoms with van der Waals surface area (Å²) < 4.78 is 5.61. The van der Waals surface area contributed by atoms with E-state index >= 15 is 0 Å². The summed E-state index contributed by atoms with van der Waals surface area (Å²) in [4.78, 5) is 10.5. The van der Waals surface area contributed by atoms with Gasteiger partial charge in [-0.05, 0) is 14.0 Å². The topological polar surface area (TPSA) is 64.3 Å². The van der Waals surface area contributed by atoms with Gasteiger partial charge in [-0.15, -0.1) is 0 Å². The molecule has 0 bridgehead atoms. The molecule has 1 aliphatic rings. The second-order valence-corrected chi connectivity index (χ2v) is 3.67. The van der Waals surface area contributed by atoms with Crippen molar-refractivity contribution in [1.82, 2.24) is 14.9 Å². The molecule has 0 spiro atoms. The molecule has 1 aromatic heterocycles. The van der Waals surface area contributed by atoms with E-state index < -0.39 is 0 Å². The second-order valence-electron chi connectivity index (χ2n) is 3.67. The van der Waals surface area contributed by atoms with Crippen LogP contribution in [-0.2, 0) is 6.54 Å². The van der Waals surface area contributed by atoms with E-state index in [1.165, 1.54) is 0 Å². The fourth-order valence-electron chi connectivity index (χ4n) is 1.60. The summed E-state index contributed by atoms with van der Waals surface area (Å²) in [6.07, 6.45) is 1.68. The van der Waals surface area contributed by atoms with Crippen LogP contribution < -0.4 is 10.5 Å². The smallest absolute Gasteiger partial charge is 0.239 e. The first kappa shape index (κ1) is 9.21. The summed E-state index contributed by atoms with van der Waals surface area (Å²) in [6, 6.07) is 0. The lowest BCUT2D eigenvalue weighted by Gasteiger charge is -2.14. The first-order chi connectivity index (χ1) is 6.65. The average Bonchev–Trinajstić information content (AvgIpc) is 2.21. The van der Waals surface area contributed by atoms with Crippen molar-refractivity contribution in [2.75, 3.05) is 19.3 Å². The number of fused-ring (bicyclic) bond motifs is 1. The molecule has 2 heterocycles. The summed E-state index contributed by atoms with van der Waals surface area (Å²) in [5.41, 5.74) is 6.40. The van der Waals surface area contributed by atoms with Gasteiger partial charge in [0.25, 0.3) is 0 Å². The molecular weight excluding hydrogens is 180 g/mol.